The molecule has 0 spiro atoms. The van der Waals surface area contributed by atoms with Crippen LogP contribution in [0.25, 0.3) is 0 Å². The highest BCUT2D eigenvalue weighted by Gasteiger charge is 2.29. The molecular weight excluding hydrogens is 291 g/mol. The molecule has 0 saturated carbocycles. The van der Waals surface area contributed by atoms with E-state index in [1.54, 1.807) is 0 Å². The maximum absolute atomic E-state index is 12.4. The zero-order valence-electron chi connectivity index (χ0n) is 11.0. The summed E-state index contributed by atoms with van der Waals surface area (Å²) in [6.07, 6.45) is -0.120. The van der Waals surface area contributed by atoms with Crippen molar-refractivity contribution in [2.45, 2.75) is 32.7 Å². The number of nitrogens with zero attached hydrogens (tertiary/aromatic N) is 1. The van der Waals surface area contributed by atoms with E-state index in [0.717, 1.165) is 0 Å². The second-order valence-corrected chi connectivity index (χ2v) is 5.90. The lowest BCUT2D eigenvalue weighted by molar-refractivity contribution is -0.137. The van der Waals surface area contributed by atoms with Crippen molar-refractivity contribution in [3.63, 3.8) is 0 Å². The molecule has 1 aromatic heterocycles. The van der Waals surface area contributed by atoms with Crippen molar-refractivity contribution >= 4 is 35.1 Å². The largest absolute Gasteiger partial charge is 0.481 e. The first-order valence-electron chi connectivity index (χ1n) is 5.70. The fourth-order valence-electron chi connectivity index (χ4n) is 1.61. The van der Waals surface area contributed by atoms with Crippen molar-refractivity contribution in [3.8, 4) is 0 Å². The lowest BCUT2D eigenvalue weighted by Crippen LogP contribution is -2.46. The molecule has 0 aliphatic heterocycles. The van der Waals surface area contributed by atoms with Crippen molar-refractivity contribution in [3.05, 3.63) is 21.9 Å². The Balaban J connectivity index is 2.97. The van der Waals surface area contributed by atoms with Gasteiger partial charge in [-0.15, -0.1) is 0 Å². The number of carboxylic acid groups (broad SMARTS) is 1. The molecule has 0 unspecified atom stereocenters. The summed E-state index contributed by atoms with van der Waals surface area (Å²) >= 11 is 11.6. The Labute approximate surface area is 121 Å². The maximum atomic E-state index is 12.4. The van der Waals surface area contributed by atoms with E-state index in [4.69, 9.17) is 28.3 Å². The summed E-state index contributed by atoms with van der Waals surface area (Å²) in [5.41, 5.74) is -0.258. The van der Waals surface area contributed by atoms with Crippen molar-refractivity contribution in [2.24, 2.45) is 0 Å². The number of halogens is 2. The molecule has 1 aromatic rings. The van der Waals surface area contributed by atoms with Crippen molar-refractivity contribution < 1.29 is 14.7 Å². The molecular formula is C12H16Cl2N2O3. The molecule has 1 amide bonds. The SMILES string of the molecule is CC(C)(C)N(CCC(=O)O)C(=O)c1cc(Cl)c(Cl)[nH]1. The molecule has 0 fully saturated rings. The minimum atomic E-state index is -0.954. The fraction of sp³-hybridized carbons (Fsp3) is 0.500. The Morgan fingerprint density at radius 1 is 1.37 bits per heavy atom. The number of carbonyl (C=O) groups excluding carboxylic acids is 1. The van der Waals surface area contributed by atoms with Gasteiger partial charge in [0.2, 0.25) is 0 Å². The van der Waals surface area contributed by atoms with Crippen LogP contribution in [-0.4, -0.2) is 39.0 Å². The summed E-state index contributed by atoms with van der Waals surface area (Å²) in [7, 11) is 0. The molecule has 0 aromatic carbocycles. The third-order valence-electron chi connectivity index (χ3n) is 2.56. The lowest BCUT2D eigenvalue weighted by Gasteiger charge is -2.35. The molecule has 19 heavy (non-hydrogen) atoms. The second kappa shape index (κ2) is 5.84. The topological polar surface area (TPSA) is 73.4 Å². The third kappa shape index (κ3) is 4.14. The van der Waals surface area contributed by atoms with Crippen LogP contribution in [0.2, 0.25) is 10.2 Å². The lowest BCUT2D eigenvalue weighted by atomic mass is 10.0. The molecule has 7 heteroatoms. The standard InChI is InChI=1S/C12H16Cl2N2O3/c1-12(2,3)16(5-4-9(17)18)11(19)8-6-7(13)10(14)15-8/h6,15H,4-5H2,1-3H3,(H,17,18). The molecule has 5 nitrogen and oxygen atoms in total. The van der Waals surface area contributed by atoms with Gasteiger partial charge in [-0.1, -0.05) is 23.2 Å². The van der Waals surface area contributed by atoms with Gasteiger partial charge >= 0.3 is 5.97 Å². The molecule has 1 rings (SSSR count). The number of aliphatic carboxylic acids is 1. The summed E-state index contributed by atoms with van der Waals surface area (Å²) in [4.78, 5) is 27.2. The fourth-order valence-corrected chi connectivity index (χ4v) is 1.93. The van der Waals surface area contributed by atoms with Crippen LogP contribution in [0.1, 0.15) is 37.7 Å². The first-order chi connectivity index (χ1) is 8.62. The number of hydrogen-bond acceptors (Lipinski definition) is 2. The first kappa shape index (κ1) is 15.9. The zero-order chi connectivity index (χ0) is 14.8. The molecule has 1 heterocycles. The number of nitrogens with one attached hydrogen (secondary N) is 1. The Morgan fingerprint density at radius 3 is 2.32 bits per heavy atom. The van der Waals surface area contributed by atoms with E-state index in [2.05, 4.69) is 4.98 Å². The quantitative estimate of drug-likeness (QED) is 0.898. The molecule has 106 valence electrons. The highest BCUT2D eigenvalue weighted by atomic mass is 35.5. The van der Waals surface area contributed by atoms with Crippen LogP contribution in [0, 0.1) is 0 Å². The number of aromatic nitrogens is 1. The Morgan fingerprint density at radius 2 is 1.95 bits per heavy atom. The summed E-state index contributed by atoms with van der Waals surface area (Å²) in [5, 5.41) is 9.19. The van der Waals surface area contributed by atoms with Crippen LogP contribution in [0.4, 0.5) is 0 Å². The zero-order valence-corrected chi connectivity index (χ0v) is 12.5. The van der Waals surface area contributed by atoms with Gasteiger partial charge in [-0.2, -0.15) is 0 Å². The van der Waals surface area contributed by atoms with Gasteiger partial charge in [-0.3, -0.25) is 9.59 Å². The van der Waals surface area contributed by atoms with E-state index in [-0.39, 0.29) is 34.7 Å². The monoisotopic (exact) mass is 306 g/mol. The highest BCUT2D eigenvalue weighted by Crippen LogP contribution is 2.24. The minimum Gasteiger partial charge on any atom is -0.481 e. The van der Waals surface area contributed by atoms with Crippen LogP contribution in [0.15, 0.2) is 6.07 Å². The van der Waals surface area contributed by atoms with Gasteiger partial charge in [0.1, 0.15) is 10.8 Å². The number of hydrogen-bond donors (Lipinski definition) is 2. The average molecular weight is 307 g/mol. The Hall–Kier alpha value is -1.20. The summed E-state index contributed by atoms with van der Waals surface area (Å²) < 4.78 is 0. The average Bonchev–Trinajstić information content (AvgIpc) is 2.57. The van der Waals surface area contributed by atoms with E-state index in [1.165, 1.54) is 11.0 Å². The third-order valence-corrected chi connectivity index (χ3v) is 3.25. The van der Waals surface area contributed by atoms with Gasteiger partial charge in [0.15, 0.2) is 0 Å². The van der Waals surface area contributed by atoms with E-state index < -0.39 is 11.5 Å². The van der Waals surface area contributed by atoms with E-state index >= 15 is 0 Å². The Bertz CT molecular complexity index is 472. The van der Waals surface area contributed by atoms with Crippen LogP contribution >= 0.6 is 23.2 Å². The molecule has 0 aliphatic rings. The molecule has 0 aliphatic carbocycles. The van der Waals surface area contributed by atoms with E-state index in [9.17, 15) is 9.59 Å². The number of aromatic amines is 1. The predicted octanol–water partition coefficient (Wildman–Crippen LogP) is 3.04. The van der Waals surface area contributed by atoms with E-state index in [1.807, 2.05) is 20.8 Å². The van der Waals surface area contributed by atoms with Gasteiger partial charge in [0.05, 0.1) is 11.4 Å². The molecule has 0 saturated heterocycles. The van der Waals surface area contributed by atoms with Crippen molar-refractivity contribution in [1.82, 2.24) is 9.88 Å². The van der Waals surface area contributed by atoms with Gasteiger partial charge < -0.3 is 15.0 Å². The van der Waals surface area contributed by atoms with Crippen LogP contribution in [-0.2, 0) is 4.79 Å². The Kier molecular flexibility index (Phi) is 4.87. The minimum absolute atomic E-state index is 0.117. The van der Waals surface area contributed by atoms with E-state index in [0.29, 0.717) is 0 Å². The summed E-state index contributed by atoms with van der Waals surface area (Å²) in [5.74, 6) is -1.29. The number of amides is 1. The predicted molar refractivity (Wildman–Crippen MR) is 73.9 cm³/mol. The smallest absolute Gasteiger partial charge is 0.305 e. The molecule has 0 radical (unpaired) electrons. The normalized spacial score (nSPS) is 11.4. The number of carbonyl (C=O) groups is 2. The van der Waals surface area contributed by atoms with Crippen LogP contribution < -0.4 is 0 Å². The second-order valence-electron chi connectivity index (χ2n) is 5.12. The van der Waals surface area contributed by atoms with Gasteiger partial charge in [0, 0.05) is 12.1 Å². The van der Waals surface area contributed by atoms with Crippen molar-refractivity contribution in [2.75, 3.05) is 6.54 Å². The first-order valence-corrected chi connectivity index (χ1v) is 6.46. The number of rotatable bonds is 4. The van der Waals surface area contributed by atoms with Crippen LogP contribution in [0.3, 0.4) is 0 Å². The number of H-pyrrole nitrogens is 1. The van der Waals surface area contributed by atoms with Gasteiger partial charge in [-0.05, 0) is 26.8 Å². The van der Waals surface area contributed by atoms with Gasteiger partial charge in [0.25, 0.3) is 5.91 Å². The maximum Gasteiger partial charge on any atom is 0.305 e. The molecule has 0 atom stereocenters. The highest BCUT2D eigenvalue weighted by molar-refractivity contribution is 6.41. The summed E-state index contributed by atoms with van der Waals surface area (Å²) in [6.45, 7) is 5.61. The van der Waals surface area contributed by atoms with Gasteiger partial charge in [-0.25, -0.2) is 0 Å². The molecule has 2 N–H and O–H groups in total. The summed E-state index contributed by atoms with van der Waals surface area (Å²) in [6, 6.07) is 1.44. The molecule has 0 bridgehead atoms. The number of carboxylic acids is 1. The van der Waals surface area contributed by atoms with Crippen LogP contribution in [0.5, 0.6) is 0 Å². The van der Waals surface area contributed by atoms with Crippen molar-refractivity contribution in [1.29, 1.82) is 0 Å².